The molecule has 3 aliphatic rings. The minimum absolute atomic E-state index is 0. The zero-order valence-corrected chi connectivity index (χ0v) is 21.0. The molecule has 0 aromatic rings. The molecule has 3 rings (SSSR count). The second-order valence-electron chi connectivity index (χ2n) is 9.28. The number of carbonyl (C=O) groups is 1. The number of halogens is 1. The van der Waals surface area contributed by atoms with E-state index in [1.165, 1.54) is 51.6 Å². The molecule has 3 fully saturated rings. The highest BCUT2D eigenvalue weighted by atomic mass is 127. The lowest BCUT2D eigenvalue weighted by molar-refractivity contribution is -0.138. The smallest absolute Gasteiger partial charge is 0.230 e. The van der Waals surface area contributed by atoms with Crippen LogP contribution < -0.4 is 10.6 Å². The molecule has 0 radical (unpaired) electrons. The Morgan fingerprint density at radius 2 is 1.69 bits per heavy atom. The van der Waals surface area contributed by atoms with Crippen molar-refractivity contribution in [1.82, 2.24) is 20.4 Å². The van der Waals surface area contributed by atoms with Crippen LogP contribution in [-0.4, -0.2) is 74.0 Å². The van der Waals surface area contributed by atoms with Gasteiger partial charge in [-0.05, 0) is 45.4 Å². The molecule has 0 bridgehead atoms. The standard InChI is InChI=1S/C22H41N5O.HI/c1-4-23-21(24-17-22(13-7-8-14-22)20(28)26(2)3)25-18-11-15-27(16-12-18)19-9-5-6-10-19;/h18-19H,4-17H2,1-3H3,(H2,23,24,25);1H. The van der Waals surface area contributed by atoms with Crippen LogP contribution in [0.1, 0.15) is 71.1 Å². The third-order valence-electron chi connectivity index (χ3n) is 7.02. The molecule has 2 aliphatic carbocycles. The van der Waals surface area contributed by atoms with Crippen molar-refractivity contribution in [3.8, 4) is 0 Å². The lowest BCUT2D eigenvalue weighted by Gasteiger charge is -2.36. The predicted octanol–water partition coefficient (Wildman–Crippen LogP) is 3.22. The van der Waals surface area contributed by atoms with Crippen LogP contribution in [0, 0.1) is 5.41 Å². The summed E-state index contributed by atoms with van der Waals surface area (Å²) in [5, 5.41) is 7.07. The summed E-state index contributed by atoms with van der Waals surface area (Å²) in [6, 6.07) is 1.32. The maximum Gasteiger partial charge on any atom is 0.230 e. The van der Waals surface area contributed by atoms with Gasteiger partial charge in [-0.25, -0.2) is 0 Å². The lowest BCUT2D eigenvalue weighted by Crippen LogP contribution is -2.50. The summed E-state index contributed by atoms with van der Waals surface area (Å²) in [6.45, 7) is 5.95. The summed E-state index contributed by atoms with van der Waals surface area (Å²) in [6.07, 6.45) is 12.2. The van der Waals surface area contributed by atoms with Gasteiger partial charge in [0.1, 0.15) is 0 Å². The number of amides is 1. The summed E-state index contributed by atoms with van der Waals surface area (Å²) in [7, 11) is 3.74. The molecule has 0 atom stereocenters. The van der Waals surface area contributed by atoms with Gasteiger partial charge >= 0.3 is 0 Å². The molecular weight excluding hydrogens is 477 g/mol. The predicted molar refractivity (Wildman–Crippen MR) is 131 cm³/mol. The highest BCUT2D eigenvalue weighted by Crippen LogP contribution is 2.39. The van der Waals surface area contributed by atoms with Gasteiger partial charge in [0.2, 0.25) is 5.91 Å². The van der Waals surface area contributed by atoms with Gasteiger partial charge in [-0.15, -0.1) is 24.0 Å². The number of piperidine rings is 1. The molecule has 0 aromatic carbocycles. The van der Waals surface area contributed by atoms with E-state index < -0.39 is 0 Å². The number of nitrogens with zero attached hydrogens (tertiary/aromatic N) is 3. The van der Waals surface area contributed by atoms with E-state index in [4.69, 9.17) is 4.99 Å². The van der Waals surface area contributed by atoms with Gasteiger partial charge in [-0.2, -0.15) is 0 Å². The Balaban J connectivity index is 0.00000300. The van der Waals surface area contributed by atoms with Gasteiger partial charge in [0.15, 0.2) is 5.96 Å². The number of carbonyl (C=O) groups excluding carboxylic acids is 1. The lowest BCUT2D eigenvalue weighted by atomic mass is 9.85. The molecular formula is C22H42IN5O. The summed E-state index contributed by atoms with van der Waals surface area (Å²) in [5.74, 6) is 1.13. The van der Waals surface area contributed by atoms with Gasteiger partial charge in [0.05, 0.1) is 12.0 Å². The van der Waals surface area contributed by atoms with Crippen molar-refractivity contribution in [2.24, 2.45) is 10.4 Å². The summed E-state index contributed by atoms with van der Waals surface area (Å²) in [5.41, 5.74) is -0.294. The quantitative estimate of drug-likeness (QED) is 0.322. The van der Waals surface area contributed by atoms with E-state index in [0.29, 0.717) is 12.6 Å². The van der Waals surface area contributed by atoms with Gasteiger partial charge in [-0.3, -0.25) is 9.79 Å². The van der Waals surface area contributed by atoms with Crippen molar-refractivity contribution in [1.29, 1.82) is 0 Å². The van der Waals surface area contributed by atoms with Gasteiger partial charge in [0.25, 0.3) is 0 Å². The molecule has 0 aromatic heterocycles. The van der Waals surface area contributed by atoms with Crippen LogP contribution in [0.3, 0.4) is 0 Å². The van der Waals surface area contributed by atoms with Crippen molar-refractivity contribution in [3.63, 3.8) is 0 Å². The normalized spacial score (nSPS) is 23.6. The van der Waals surface area contributed by atoms with Gasteiger partial charge in [0, 0.05) is 45.8 Å². The van der Waals surface area contributed by atoms with Crippen molar-refractivity contribution in [2.75, 3.05) is 40.3 Å². The summed E-state index contributed by atoms with van der Waals surface area (Å²) in [4.78, 5) is 22.2. The van der Waals surface area contributed by atoms with Crippen molar-refractivity contribution in [3.05, 3.63) is 0 Å². The fourth-order valence-corrected chi connectivity index (χ4v) is 5.39. The molecule has 0 spiro atoms. The van der Waals surface area contributed by atoms with Crippen LogP contribution in [-0.2, 0) is 4.79 Å². The first-order valence-electron chi connectivity index (χ1n) is 11.5. The maximum atomic E-state index is 12.8. The molecule has 1 saturated heterocycles. The molecule has 29 heavy (non-hydrogen) atoms. The Hall–Kier alpha value is -0.570. The van der Waals surface area contributed by atoms with Crippen LogP contribution >= 0.6 is 24.0 Å². The molecule has 2 N–H and O–H groups in total. The third-order valence-corrected chi connectivity index (χ3v) is 7.02. The third kappa shape index (κ3) is 6.45. The number of hydrogen-bond donors (Lipinski definition) is 2. The number of hydrogen-bond acceptors (Lipinski definition) is 3. The highest BCUT2D eigenvalue weighted by molar-refractivity contribution is 14.0. The summed E-state index contributed by atoms with van der Waals surface area (Å²) < 4.78 is 0. The fraction of sp³-hybridized carbons (Fsp3) is 0.909. The zero-order valence-electron chi connectivity index (χ0n) is 18.7. The van der Waals surface area contributed by atoms with E-state index in [-0.39, 0.29) is 35.3 Å². The van der Waals surface area contributed by atoms with Crippen molar-refractivity contribution < 1.29 is 4.79 Å². The molecule has 6 nitrogen and oxygen atoms in total. The zero-order chi connectivity index (χ0) is 20.0. The average Bonchev–Trinajstić information content (AvgIpc) is 3.39. The van der Waals surface area contributed by atoms with Crippen LogP contribution in [0.5, 0.6) is 0 Å². The Morgan fingerprint density at radius 1 is 1.07 bits per heavy atom. The topological polar surface area (TPSA) is 60.0 Å². The van der Waals surface area contributed by atoms with Gasteiger partial charge in [-0.1, -0.05) is 25.7 Å². The van der Waals surface area contributed by atoms with E-state index >= 15 is 0 Å². The minimum atomic E-state index is -0.294. The first-order valence-corrected chi connectivity index (χ1v) is 11.5. The average molecular weight is 520 g/mol. The molecule has 1 heterocycles. The number of nitrogens with one attached hydrogen (secondary N) is 2. The van der Waals surface area contributed by atoms with Crippen molar-refractivity contribution >= 4 is 35.8 Å². The number of likely N-dealkylation sites (tertiary alicyclic amines) is 1. The first kappa shape index (κ1) is 24.7. The number of guanidine groups is 1. The molecule has 168 valence electrons. The van der Waals surface area contributed by atoms with E-state index in [2.05, 4.69) is 22.5 Å². The highest BCUT2D eigenvalue weighted by Gasteiger charge is 2.42. The number of aliphatic imine (C=N–C) groups is 1. The van der Waals surface area contributed by atoms with E-state index in [9.17, 15) is 4.79 Å². The Kier molecular flexibility index (Phi) is 9.98. The van der Waals surface area contributed by atoms with Crippen LogP contribution in [0.25, 0.3) is 0 Å². The Bertz CT molecular complexity index is 533. The molecule has 1 aliphatic heterocycles. The summed E-state index contributed by atoms with van der Waals surface area (Å²) >= 11 is 0. The number of rotatable bonds is 6. The largest absolute Gasteiger partial charge is 0.357 e. The Labute approximate surface area is 194 Å². The second-order valence-corrected chi connectivity index (χ2v) is 9.28. The molecule has 1 amide bonds. The molecule has 2 saturated carbocycles. The van der Waals surface area contributed by atoms with Crippen molar-refractivity contribution in [2.45, 2.75) is 83.2 Å². The fourth-order valence-electron chi connectivity index (χ4n) is 5.39. The Morgan fingerprint density at radius 3 is 2.24 bits per heavy atom. The van der Waals surface area contributed by atoms with Crippen LogP contribution in [0.4, 0.5) is 0 Å². The van der Waals surface area contributed by atoms with E-state index in [1.54, 1.807) is 4.90 Å². The first-order chi connectivity index (χ1) is 13.5. The van der Waals surface area contributed by atoms with Crippen LogP contribution in [0.2, 0.25) is 0 Å². The molecule has 0 unspecified atom stereocenters. The monoisotopic (exact) mass is 519 g/mol. The van der Waals surface area contributed by atoms with E-state index in [1.807, 2.05) is 14.1 Å². The second kappa shape index (κ2) is 11.7. The SMILES string of the molecule is CCNC(=NCC1(C(=O)N(C)C)CCCC1)NC1CCN(C2CCCC2)CC1.I. The maximum absolute atomic E-state index is 12.8. The molecule has 7 heteroatoms. The minimum Gasteiger partial charge on any atom is -0.357 e. The van der Waals surface area contributed by atoms with Gasteiger partial charge < -0.3 is 20.4 Å². The van der Waals surface area contributed by atoms with E-state index in [0.717, 1.165) is 44.2 Å². The van der Waals surface area contributed by atoms with Crippen LogP contribution in [0.15, 0.2) is 4.99 Å².